The van der Waals surface area contributed by atoms with Gasteiger partial charge in [-0.2, -0.15) is 13.2 Å². The van der Waals surface area contributed by atoms with E-state index in [1.165, 1.54) is 0 Å². The van der Waals surface area contributed by atoms with Crippen LogP contribution in [0.4, 0.5) is 18.9 Å². The van der Waals surface area contributed by atoms with Crippen molar-refractivity contribution >= 4 is 17.5 Å². The largest absolute Gasteiger partial charge is 0.405 e. The van der Waals surface area contributed by atoms with E-state index in [4.69, 9.17) is 4.74 Å². The molecule has 0 aromatic heterocycles. The highest BCUT2D eigenvalue weighted by Crippen LogP contribution is 2.51. The van der Waals surface area contributed by atoms with Gasteiger partial charge in [-0.05, 0) is 60.2 Å². The normalized spacial score (nSPS) is 20.4. The minimum Gasteiger partial charge on any atom is -0.378 e. The van der Waals surface area contributed by atoms with Crippen LogP contribution in [-0.2, 0) is 14.9 Å². The van der Waals surface area contributed by atoms with Gasteiger partial charge in [0.2, 0.25) is 5.91 Å². The van der Waals surface area contributed by atoms with Gasteiger partial charge in [0.1, 0.15) is 12.0 Å². The van der Waals surface area contributed by atoms with E-state index in [-0.39, 0.29) is 18.0 Å². The molecular formula is C35H39F3N4O3. The highest BCUT2D eigenvalue weighted by atomic mass is 19.4. The van der Waals surface area contributed by atoms with Crippen LogP contribution in [0.1, 0.15) is 53.6 Å². The van der Waals surface area contributed by atoms with Gasteiger partial charge in [-0.25, -0.2) is 0 Å². The van der Waals surface area contributed by atoms with E-state index in [1.807, 2.05) is 72.8 Å². The number of nitrogens with zero attached hydrogens (tertiary/aromatic N) is 1. The molecule has 238 valence electrons. The van der Waals surface area contributed by atoms with Crippen LogP contribution in [0, 0.1) is 0 Å². The number of ether oxygens (including phenoxy) is 1. The molecule has 45 heavy (non-hydrogen) atoms. The van der Waals surface area contributed by atoms with Crippen LogP contribution in [0.5, 0.6) is 0 Å². The Hall–Kier alpha value is -3.89. The average molecular weight is 621 g/mol. The molecule has 3 aromatic carbocycles. The predicted octanol–water partition coefficient (Wildman–Crippen LogP) is 5.19. The van der Waals surface area contributed by atoms with Crippen LogP contribution in [0.15, 0.2) is 72.8 Å². The maximum Gasteiger partial charge on any atom is 0.405 e. The van der Waals surface area contributed by atoms with Gasteiger partial charge in [0.05, 0.1) is 18.8 Å². The summed E-state index contributed by atoms with van der Waals surface area (Å²) in [4.78, 5) is 29.4. The fourth-order valence-electron chi connectivity index (χ4n) is 7.27. The number of para-hydroxylation sites is 1. The molecule has 2 saturated heterocycles. The standard InChI is InChI=1S/C35H39F3N4O3/c36-35(37,38)23-40-33(44)34(27-12-4-1-9-24(27)25-10-2-5-13-28(25)34)17-8-7-14-29-30(16-18-39-29)41-32(43)26-11-3-6-15-31(26)42-19-21-45-22-20-42/h1-6,9-13,15,29-30,39H,7-8,14,16-23H2,(H,40,44)(H,41,43). The fraction of sp³-hybridized carbons (Fsp3) is 0.429. The Balaban J connectivity index is 1.14. The van der Waals surface area contributed by atoms with Crippen molar-refractivity contribution in [1.29, 1.82) is 0 Å². The zero-order chi connectivity index (χ0) is 31.4. The van der Waals surface area contributed by atoms with Crippen LogP contribution >= 0.6 is 0 Å². The molecule has 0 spiro atoms. The highest BCUT2D eigenvalue weighted by Gasteiger charge is 2.49. The second-order valence-corrected chi connectivity index (χ2v) is 12.1. The maximum absolute atomic E-state index is 13.8. The lowest BCUT2D eigenvalue weighted by Crippen LogP contribution is -2.47. The van der Waals surface area contributed by atoms with Crippen LogP contribution in [-0.4, -0.2) is 69.5 Å². The molecule has 2 fully saturated rings. The van der Waals surface area contributed by atoms with Crippen LogP contribution in [0.2, 0.25) is 0 Å². The first-order valence-electron chi connectivity index (χ1n) is 15.8. The zero-order valence-corrected chi connectivity index (χ0v) is 25.2. The molecule has 2 amide bonds. The first-order chi connectivity index (χ1) is 21.8. The quantitative estimate of drug-likeness (QED) is 0.272. The molecule has 2 atom stereocenters. The molecule has 0 saturated carbocycles. The van der Waals surface area contributed by atoms with Crippen LogP contribution in [0.25, 0.3) is 11.1 Å². The second kappa shape index (κ2) is 13.2. The second-order valence-electron chi connectivity index (χ2n) is 12.1. The summed E-state index contributed by atoms with van der Waals surface area (Å²) >= 11 is 0. The Morgan fingerprint density at radius 3 is 2.24 bits per heavy atom. The van der Waals surface area contributed by atoms with Crippen molar-refractivity contribution < 1.29 is 27.5 Å². The van der Waals surface area contributed by atoms with Crippen molar-refractivity contribution in [2.24, 2.45) is 0 Å². The van der Waals surface area contributed by atoms with Crippen molar-refractivity contribution in [2.75, 3.05) is 44.3 Å². The summed E-state index contributed by atoms with van der Waals surface area (Å²) in [6, 6.07) is 22.7. The number of rotatable bonds is 10. The molecule has 2 aliphatic heterocycles. The number of benzene rings is 3. The highest BCUT2D eigenvalue weighted by molar-refractivity contribution is 6.01. The first-order valence-corrected chi connectivity index (χ1v) is 15.8. The van der Waals surface area contributed by atoms with E-state index in [2.05, 4.69) is 20.9 Å². The summed E-state index contributed by atoms with van der Waals surface area (Å²) in [6.45, 7) is 2.15. The monoisotopic (exact) mass is 620 g/mol. The number of carbonyl (C=O) groups is 2. The number of alkyl halides is 3. The molecule has 1 aliphatic carbocycles. The Kier molecular flexibility index (Phi) is 9.14. The number of halogens is 3. The number of hydrogen-bond acceptors (Lipinski definition) is 5. The zero-order valence-electron chi connectivity index (χ0n) is 25.2. The fourth-order valence-corrected chi connectivity index (χ4v) is 7.27. The molecule has 10 heteroatoms. The Morgan fingerprint density at radius 1 is 0.911 bits per heavy atom. The Bertz CT molecular complexity index is 1480. The van der Waals surface area contributed by atoms with Crippen molar-refractivity contribution in [3.8, 4) is 11.1 Å². The third-order valence-electron chi connectivity index (χ3n) is 9.38. The van der Waals surface area contributed by atoms with Gasteiger partial charge < -0.3 is 25.6 Å². The third kappa shape index (κ3) is 6.44. The van der Waals surface area contributed by atoms with E-state index in [0.717, 1.165) is 66.8 Å². The number of morpholine rings is 1. The van der Waals surface area contributed by atoms with Gasteiger partial charge in [0.15, 0.2) is 0 Å². The topological polar surface area (TPSA) is 82.7 Å². The van der Waals surface area contributed by atoms with E-state index < -0.39 is 24.0 Å². The molecule has 2 unspecified atom stereocenters. The number of carbonyl (C=O) groups excluding carboxylic acids is 2. The number of anilines is 1. The summed E-state index contributed by atoms with van der Waals surface area (Å²) in [6.07, 6.45) is -1.19. The molecule has 3 aliphatic rings. The van der Waals surface area contributed by atoms with Crippen LogP contribution < -0.4 is 20.9 Å². The summed E-state index contributed by atoms with van der Waals surface area (Å²) in [5, 5.41) is 8.99. The van der Waals surface area contributed by atoms with Gasteiger partial charge in [-0.15, -0.1) is 0 Å². The van der Waals surface area contributed by atoms with Gasteiger partial charge in [0, 0.05) is 30.9 Å². The Morgan fingerprint density at radius 2 is 1.56 bits per heavy atom. The first kappa shape index (κ1) is 31.1. The molecule has 7 nitrogen and oxygen atoms in total. The minimum atomic E-state index is -4.51. The molecule has 3 aromatic rings. The molecule has 0 bridgehead atoms. The molecular weight excluding hydrogens is 581 g/mol. The number of unbranched alkanes of at least 4 members (excludes halogenated alkanes) is 1. The van der Waals surface area contributed by atoms with Gasteiger partial charge in [0.25, 0.3) is 5.91 Å². The molecule has 0 radical (unpaired) electrons. The van der Waals surface area contributed by atoms with Gasteiger partial charge in [-0.1, -0.05) is 73.5 Å². The number of hydrogen-bond donors (Lipinski definition) is 3. The summed E-state index contributed by atoms with van der Waals surface area (Å²) in [5.74, 6) is -0.726. The third-order valence-corrected chi connectivity index (χ3v) is 9.38. The van der Waals surface area contributed by atoms with E-state index >= 15 is 0 Å². The molecule has 2 heterocycles. The Labute approximate surface area is 261 Å². The van der Waals surface area contributed by atoms with Crippen molar-refractivity contribution in [2.45, 2.75) is 55.8 Å². The molecule has 6 rings (SSSR count). The van der Waals surface area contributed by atoms with E-state index in [1.54, 1.807) is 0 Å². The van der Waals surface area contributed by atoms with Crippen molar-refractivity contribution in [1.82, 2.24) is 16.0 Å². The number of nitrogens with one attached hydrogen (secondary N) is 3. The van der Waals surface area contributed by atoms with E-state index in [9.17, 15) is 22.8 Å². The van der Waals surface area contributed by atoms with E-state index in [0.29, 0.717) is 31.6 Å². The van der Waals surface area contributed by atoms with Crippen LogP contribution in [0.3, 0.4) is 0 Å². The number of amides is 2. The number of fused-ring (bicyclic) bond motifs is 3. The van der Waals surface area contributed by atoms with Gasteiger partial charge in [-0.3, -0.25) is 9.59 Å². The SMILES string of the molecule is O=C(NC1CCNC1CCCCC1(C(=O)NCC(F)(F)F)c2ccccc2-c2ccccc21)c1ccccc1N1CCOCC1. The minimum absolute atomic E-state index is 0.0489. The predicted molar refractivity (Wildman–Crippen MR) is 167 cm³/mol. The summed E-state index contributed by atoms with van der Waals surface area (Å²) in [7, 11) is 0. The summed E-state index contributed by atoms with van der Waals surface area (Å²) in [5.41, 5.74) is 3.60. The lowest BCUT2D eigenvalue weighted by Gasteiger charge is -2.31. The van der Waals surface area contributed by atoms with Gasteiger partial charge >= 0.3 is 6.18 Å². The summed E-state index contributed by atoms with van der Waals surface area (Å²) < 4.78 is 45.1. The maximum atomic E-state index is 13.8. The van der Waals surface area contributed by atoms with Crippen molar-refractivity contribution in [3.63, 3.8) is 0 Å². The lowest BCUT2D eigenvalue weighted by atomic mass is 9.73. The average Bonchev–Trinajstić information content (AvgIpc) is 3.62. The lowest BCUT2D eigenvalue weighted by molar-refractivity contribution is -0.141. The molecule has 3 N–H and O–H groups in total. The van der Waals surface area contributed by atoms with Crippen molar-refractivity contribution in [3.05, 3.63) is 89.5 Å². The smallest absolute Gasteiger partial charge is 0.378 e.